The zero-order valence-electron chi connectivity index (χ0n) is 16.4. The number of carbonyl (C=O) groups is 1. The van der Waals surface area contributed by atoms with Crippen LogP contribution >= 0.6 is 0 Å². The molecule has 2 heterocycles. The molecule has 1 fully saturated rings. The smallest absolute Gasteiger partial charge is 0.239 e. The molecule has 0 saturated carbocycles. The lowest BCUT2D eigenvalue weighted by Gasteiger charge is -2.29. The van der Waals surface area contributed by atoms with E-state index in [0.29, 0.717) is 36.2 Å². The molecule has 1 aliphatic rings. The minimum atomic E-state index is -0.560. The van der Waals surface area contributed by atoms with Crippen molar-refractivity contribution in [1.82, 2.24) is 25.1 Å². The number of nitrogens with zero attached hydrogens (tertiary/aromatic N) is 5. The van der Waals surface area contributed by atoms with Crippen LogP contribution < -0.4 is 15.2 Å². The fourth-order valence-electron chi connectivity index (χ4n) is 3.24. The number of hydrogen-bond donors (Lipinski definition) is 1. The van der Waals surface area contributed by atoms with Gasteiger partial charge < -0.3 is 24.8 Å². The minimum Gasteiger partial charge on any atom is -0.497 e. The largest absolute Gasteiger partial charge is 0.497 e. The molecule has 3 rings (SSSR count). The van der Waals surface area contributed by atoms with Crippen LogP contribution in [0.5, 0.6) is 11.5 Å². The molecule has 10 heteroatoms. The van der Waals surface area contributed by atoms with Gasteiger partial charge in [-0.2, -0.15) is 4.68 Å². The summed E-state index contributed by atoms with van der Waals surface area (Å²) in [6.07, 6.45) is 1.59. The Balaban J connectivity index is 1.75. The summed E-state index contributed by atoms with van der Waals surface area (Å²) in [5.74, 6) is 1.72. The van der Waals surface area contributed by atoms with E-state index in [2.05, 4.69) is 15.5 Å². The average Bonchev–Trinajstić information content (AvgIpc) is 3.20. The first-order chi connectivity index (χ1) is 13.5. The second-order valence-corrected chi connectivity index (χ2v) is 6.75. The first-order valence-corrected chi connectivity index (χ1v) is 9.12. The van der Waals surface area contributed by atoms with Gasteiger partial charge >= 0.3 is 0 Å². The molecule has 28 heavy (non-hydrogen) atoms. The van der Waals surface area contributed by atoms with Crippen molar-refractivity contribution in [2.45, 2.75) is 25.4 Å². The Kier molecular flexibility index (Phi) is 6.42. The predicted octanol–water partition coefficient (Wildman–Crippen LogP) is 0.392. The van der Waals surface area contributed by atoms with Crippen LogP contribution in [0.15, 0.2) is 18.2 Å². The van der Waals surface area contributed by atoms with E-state index in [1.165, 1.54) is 0 Å². The molecular formula is C18H26N6O4. The molecule has 1 amide bonds. The molecule has 1 aromatic heterocycles. The number of rotatable bonds is 7. The molecule has 2 N–H and O–H groups in total. The third-order valence-electron chi connectivity index (χ3n) is 4.93. The standard InChI is InChI=1S/C18H26N6O4/c1-23(18(25)17(19)12-4-6-28-7-5-12)11-16-20-21-22-24(16)13-8-14(26-2)10-15(9-13)27-3/h8-10,12,17H,4-7,11,19H2,1-3H3. The van der Waals surface area contributed by atoms with Crippen LogP contribution in [0.3, 0.4) is 0 Å². The summed E-state index contributed by atoms with van der Waals surface area (Å²) in [7, 11) is 4.85. The summed E-state index contributed by atoms with van der Waals surface area (Å²) >= 11 is 0. The first-order valence-electron chi connectivity index (χ1n) is 9.12. The molecule has 2 aromatic rings. The SMILES string of the molecule is COc1cc(OC)cc(-n2nnnc2CN(C)C(=O)C(N)C2CCOCC2)c1. The van der Waals surface area contributed by atoms with Gasteiger partial charge in [-0.15, -0.1) is 5.10 Å². The predicted molar refractivity (Wildman–Crippen MR) is 100 cm³/mol. The van der Waals surface area contributed by atoms with Crippen molar-refractivity contribution in [2.75, 3.05) is 34.5 Å². The monoisotopic (exact) mass is 390 g/mol. The molecule has 0 bridgehead atoms. The number of nitrogens with two attached hydrogens (primary N) is 1. The maximum atomic E-state index is 12.8. The molecule has 1 atom stereocenters. The normalized spacial score (nSPS) is 15.9. The Morgan fingerprint density at radius 1 is 1.29 bits per heavy atom. The van der Waals surface area contributed by atoms with Crippen molar-refractivity contribution >= 4 is 5.91 Å². The van der Waals surface area contributed by atoms with Gasteiger partial charge in [-0.3, -0.25) is 4.79 Å². The Morgan fingerprint density at radius 2 is 1.93 bits per heavy atom. The van der Waals surface area contributed by atoms with E-state index in [4.69, 9.17) is 19.9 Å². The number of ether oxygens (including phenoxy) is 3. The van der Waals surface area contributed by atoms with Crippen LogP contribution in [0.25, 0.3) is 5.69 Å². The highest BCUT2D eigenvalue weighted by Gasteiger charge is 2.29. The minimum absolute atomic E-state index is 0.127. The Bertz CT molecular complexity index is 783. The average molecular weight is 390 g/mol. The number of hydrogen-bond acceptors (Lipinski definition) is 8. The van der Waals surface area contributed by atoms with Gasteiger partial charge in [-0.1, -0.05) is 0 Å². The molecule has 10 nitrogen and oxygen atoms in total. The topological polar surface area (TPSA) is 118 Å². The van der Waals surface area contributed by atoms with Crippen molar-refractivity contribution in [1.29, 1.82) is 0 Å². The summed E-state index contributed by atoms with van der Waals surface area (Å²) in [5, 5.41) is 11.9. The first kappa shape index (κ1) is 20.0. The van der Waals surface area contributed by atoms with Gasteiger partial charge in [0.15, 0.2) is 5.82 Å². The molecule has 0 spiro atoms. The van der Waals surface area contributed by atoms with Gasteiger partial charge in [0.1, 0.15) is 11.5 Å². The van der Waals surface area contributed by atoms with Crippen LogP contribution in [0.4, 0.5) is 0 Å². The van der Waals surface area contributed by atoms with Gasteiger partial charge in [0.05, 0.1) is 32.5 Å². The van der Waals surface area contributed by atoms with Crippen LogP contribution in [-0.2, 0) is 16.1 Å². The summed E-state index contributed by atoms with van der Waals surface area (Å²) in [6, 6.07) is 4.78. The summed E-state index contributed by atoms with van der Waals surface area (Å²) in [6.45, 7) is 1.51. The van der Waals surface area contributed by atoms with Crippen LogP contribution in [0, 0.1) is 5.92 Å². The highest BCUT2D eigenvalue weighted by atomic mass is 16.5. The highest BCUT2D eigenvalue weighted by Crippen LogP contribution is 2.25. The third kappa shape index (κ3) is 4.39. The summed E-state index contributed by atoms with van der Waals surface area (Å²) in [4.78, 5) is 14.3. The number of methoxy groups -OCH3 is 2. The van der Waals surface area contributed by atoms with Crippen molar-refractivity contribution in [3.63, 3.8) is 0 Å². The lowest BCUT2D eigenvalue weighted by Crippen LogP contribution is -2.47. The van der Waals surface area contributed by atoms with Gasteiger partial charge in [0.2, 0.25) is 5.91 Å². The molecule has 1 saturated heterocycles. The Hall–Kier alpha value is -2.72. The van der Waals surface area contributed by atoms with E-state index in [-0.39, 0.29) is 18.4 Å². The van der Waals surface area contributed by atoms with Crippen molar-refractivity contribution in [3.05, 3.63) is 24.0 Å². The second-order valence-electron chi connectivity index (χ2n) is 6.75. The van der Waals surface area contributed by atoms with Gasteiger partial charge in [-0.25, -0.2) is 0 Å². The van der Waals surface area contributed by atoms with E-state index < -0.39 is 6.04 Å². The number of amides is 1. The molecule has 1 aromatic carbocycles. The molecule has 1 unspecified atom stereocenters. The fourth-order valence-corrected chi connectivity index (χ4v) is 3.24. The maximum absolute atomic E-state index is 12.8. The Labute approximate surface area is 163 Å². The molecule has 0 radical (unpaired) electrons. The van der Waals surface area contributed by atoms with Gasteiger partial charge in [-0.05, 0) is 29.2 Å². The number of carbonyl (C=O) groups excluding carboxylic acids is 1. The van der Waals surface area contributed by atoms with E-state index in [9.17, 15) is 4.79 Å². The van der Waals surface area contributed by atoms with Gasteiger partial charge in [0, 0.05) is 38.5 Å². The molecular weight excluding hydrogens is 364 g/mol. The van der Waals surface area contributed by atoms with E-state index in [1.807, 2.05) is 0 Å². The van der Waals surface area contributed by atoms with Crippen molar-refractivity contribution < 1.29 is 19.0 Å². The second kappa shape index (κ2) is 8.98. The lowest BCUT2D eigenvalue weighted by atomic mass is 9.91. The van der Waals surface area contributed by atoms with Crippen molar-refractivity contribution in [3.8, 4) is 17.2 Å². The molecule has 1 aliphatic heterocycles. The zero-order valence-corrected chi connectivity index (χ0v) is 16.4. The van der Waals surface area contributed by atoms with Crippen molar-refractivity contribution in [2.24, 2.45) is 11.7 Å². The van der Waals surface area contributed by atoms with Crippen LogP contribution in [-0.4, -0.2) is 71.5 Å². The van der Waals surface area contributed by atoms with E-state index in [1.54, 1.807) is 49.0 Å². The molecule has 0 aliphatic carbocycles. The lowest BCUT2D eigenvalue weighted by molar-refractivity contribution is -0.134. The zero-order chi connectivity index (χ0) is 20.1. The maximum Gasteiger partial charge on any atom is 0.239 e. The van der Waals surface area contributed by atoms with E-state index >= 15 is 0 Å². The van der Waals surface area contributed by atoms with Crippen LogP contribution in [0.2, 0.25) is 0 Å². The third-order valence-corrected chi connectivity index (χ3v) is 4.93. The summed E-state index contributed by atoms with van der Waals surface area (Å²) < 4.78 is 17.5. The Morgan fingerprint density at radius 3 is 2.54 bits per heavy atom. The number of aromatic nitrogens is 4. The fraction of sp³-hybridized carbons (Fsp3) is 0.556. The summed E-state index contributed by atoms with van der Waals surface area (Å²) in [5.41, 5.74) is 6.88. The quantitative estimate of drug-likeness (QED) is 0.721. The number of tetrazole rings is 1. The number of benzene rings is 1. The number of likely N-dealkylation sites (N-methyl/N-ethyl adjacent to an activating group) is 1. The highest BCUT2D eigenvalue weighted by molar-refractivity contribution is 5.81. The van der Waals surface area contributed by atoms with Gasteiger partial charge in [0.25, 0.3) is 0 Å². The van der Waals surface area contributed by atoms with Crippen LogP contribution in [0.1, 0.15) is 18.7 Å². The molecule has 152 valence electrons. The van der Waals surface area contributed by atoms with E-state index in [0.717, 1.165) is 12.8 Å².